The van der Waals surface area contributed by atoms with Crippen LogP contribution in [0.3, 0.4) is 0 Å². The Bertz CT molecular complexity index is 709. The fourth-order valence-electron chi connectivity index (χ4n) is 2.96. The number of rotatable bonds is 4. The SMILES string of the molecule is Cc1nc(C2CCCCN2C(=O)C(C)NC(=O)c2ccco2)n[nH]1. The van der Waals surface area contributed by atoms with Crippen LogP contribution in [0.4, 0.5) is 0 Å². The maximum Gasteiger partial charge on any atom is 0.287 e. The minimum atomic E-state index is -0.650. The number of aryl methyl sites for hydroxylation is 1. The molecule has 8 nitrogen and oxygen atoms in total. The maximum absolute atomic E-state index is 12.8. The van der Waals surface area contributed by atoms with Gasteiger partial charge in [-0.15, -0.1) is 0 Å². The largest absolute Gasteiger partial charge is 0.459 e. The van der Waals surface area contributed by atoms with Crippen molar-refractivity contribution in [2.45, 2.75) is 45.2 Å². The Morgan fingerprint density at radius 3 is 2.96 bits per heavy atom. The van der Waals surface area contributed by atoms with Crippen molar-refractivity contribution in [1.82, 2.24) is 25.4 Å². The van der Waals surface area contributed by atoms with E-state index in [1.807, 2.05) is 6.92 Å². The highest BCUT2D eigenvalue weighted by Crippen LogP contribution is 2.29. The lowest BCUT2D eigenvalue weighted by Crippen LogP contribution is -2.49. The van der Waals surface area contributed by atoms with Crippen molar-refractivity contribution in [3.63, 3.8) is 0 Å². The van der Waals surface area contributed by atoms with Crippen LogP contribution in [0.15, 0.2) is 22.8 Å². The summed E-state index contributed by atoms with van der Waals surface area (Å²) < 4.78 is 5.05. The molecule has 0 bridgehead atoms. The zero-order valence-electron chi connectivity index (χ0n) is 13.8. The van der Waals surface area contributed by atoms with Gasteiger partial charge in [-0.05, 0) is 45.2 Å². The molecule has 1 fully saturated rings. The number of hydrogen-bond donors (Lipinski definition) is 2. The molecule has 1 saturated heterocycles. The zero-order chi connectivity index (χ0) is 17.1. The topological polar surface area (TPSA) is 104 Å². The van der Waals surface area contributed by atoms with Gasteiger partial charge in [-0.3, -0.25) is 14.7 Å². The summed E-state index contributed by atoms with van der Waals surface area (Å²) in [7, 11) is 0. The number of nitrogens with zero attached hydrogens (tertiary/aromatic N) is 3. The van der Waals surface area contributed by atoms with E-state index in [-0.39, 0.29) is 17.7 Å². The van der Waals surface area contributed by atoms with Crippen LogP contribution in [0.2, 0.25) is 0 Å². The smallest absolute Gasteiger partial charge is 0.287 e. The van der Waals surface area contributed by atoms with Gasteiger partial charge >= 0.3 is 0 Å². The number of carbonyl (C=O) groups is 2. The Labute approximate surface area is 139 Å². The summed E-state index contributed by atoms with van der Waals surface area (Å²) in [5.74, 6) is 1.01. The number of hydrogen-bond acceptors (Lipinski definition) is 5. The first kappa shape index (κ1) is 16.2. The quantitative estimate of drug-likeness (QED) is 0.885. The summed E-state index contributed by atoms with van der Waals surface area (Å²) in [6, 6.07) is 2.39. The number of H-pyrrole nitrogens is 1. The molecule has 1 aliphatic heterocycles. The Kier molecular flexibility index (Phi) is 4.64. The molecule has 2 unspecified atom stereocenters. The first-order valence-electron chi connectivity index (χ1n) is 8.10. The van der Waals surface area contributed by atoms with Gasteiger partial charge in [-0.25, -0.2) is 4.98 Å². The zero-order valence-corrected chi connectivity index (χ0v) is 13.8. The molecule has 3 heterocycles. The number of carbonyl (C=O) groups excluding carboxylic acids is 2. The van der Waals surface area contributed by atoms with Crippen LogP contribution >= 0.6 is 0 Å². The second-order valence-corrected chi connectivity index (χ2v) is 5.99. The molecule has 1 aliphatic rings. The standard InChI is InChI=1S/C16H21N5O3/c1-10(17-15(22)13-7-5-9-24-13)16(23)21-8-4-3-6-12(21)14-18-11(2)19-20-14/h5,7,9-10,12H,3-4,6,8H2,1-2H3,(H,17,22)(H,18,19,20). The molecule has 2 aromatic heterocycles. The average molecular weight is 331 g/mol. The monoisotopic (exact) mass is 331 g/mol. The average Bonchev–Trinajstić information content (AvgIpc) is 3.25. The van der Waals surface area contributed by atoms with Crippen molar-refractivity contribution in [3.05, 3.63) is 35.8 Å². The summed E-state index contributed by atoms with van der Waals surface area (Å²) in [6.07, 6.45) is 4.20. The molecular formula is C16H21N5O3. The lowest BCUT2D eigenvalue weighted by Gasteiger charge is -2.35. The number of aromatic nitrogens is 3. The van der Waals surface area contributed by atoms with Gasteiger partial charge in [0.25, 0.3) is 5.91 Å². The fraction of sp³-hybridized carbons (Fsp3) is 0.500. The van der Waals surface area contributed by atoms with Gasteiger partial charge < -0.3 is 14.6 Å². The number of amides is 2. The molecule has 3 rings (SSSR count). The van der Waals surface area contributed by atoms with Gasteiger partial charge in [0, 0.05) is 6.54 Å². The van der Waals surface area contributed by atoms with Gasteiger partial charge in [-0.1, -0.05) is 0 Å². The lowest BCUT2D eigenvalue weighted by molar-refractivity contribution is -0.137. The van der Waals surface area contributed by atoms with Crippen molar-refractivity contribution in [2.24, 2.45) is 0 Å². The molecule has 2 aromatic rings. The molecule has 2 N–H and O–H groups in total. The van der Waals surface area contributed by atoms with E-state index in [4.69, 9.17) is 4.42 Å². The molecule has 2 atom stereocenters. The van der Waals surface area contributed by atoms with Crippen LogP contribution in [0, 0.1) is 6.92 Å². The number of nitrogens with one attached hydrogen (secondary N) is 2. The summed E-state index contributed by atoms with van der Waals surface area (Å²) in [5, 5.41) is 9.71. The fourth-order valence-corrected chi connectivity index (χ4v) is 2.96. The lowest BCUT2D eigenvalue weighted by atomic mass is 10.0. The van der Waals surface area contributed by atoms with Gasteiger partial charge in [0.1, 0.15) is 11.9 Å². The van der Waals surface area contributed by atoms with Crippen molar-refractivity contribution in [1.29, 1.82) is 0 Å². The van der Waals surface area contributed by atoms with Crippen LogP contribution in [0.1, 0.15) is 54.4 Å². The van der Waals surface area contributed by atoms with Crippen LogP contribution in [0.5, 0.6) is 0 Å². The molecule has 0 aliphatic carbocycles. The van der Waals surface area contributed by atoms with E-state index in [1.165, 1.54) is 6.26 Å². The predicted octanol–water partition coefficient (Wildman–Crippen LogP) is 1.58. The second-order valence-electron chi connectivity index (χ2n) is 5.99. The maximum atomic E-state index is 12.8. The van der Waals surface area contributed by atoms with Crippen LogP contribution < -0.4 is 5.32 Å². The Morgan fingerprint density at radius 1 is 1.46 bits per heavy atom. The third-order valence-corrected chi connectivity index (χ3v) is 4.16. The third kappa shape index (κ3) is 3.32. The van der Waals surface area contributed by atoms with Crippen molar-refractivity contribution in [2.75, 3.05) is 6.54 Å². The van der Waals surface area contributed by atoms with Gasteiger partial charge in [-0.2, -0.15) is 5.10 Å². The first-order valence-corrected chi connectivity index (χ1v) is 8.10. The van der Waals surface area contributed by atoms with E-state index in [9.17, 15) is 9.59 Å². The highest BCUT2D eigenvalue weighted by Gasteiger charge is 2.33. The molecule has 0 saturated carbocycles. The molecule has 0 aromatic carbocycles. The van der Waals surface area contributed by atoms with Gasteiger partial charge in [0.05, 0.1) is 12.3 Å². The summed E-state index contributed by atoms with van der Waals surface area (Å²) >= 11 is 0. The summed E-state index contributed by atoms with van der Waals surface area (Å²) in [4.78, 5) is 31.0. The van der Waals surface area contributed by atoms with E-state index < -0.39 is 11.9 Å². The van der Waals surface area contributed by atoms with E-state index in [1.54, 1.807) is 24.0 Å². The number of aromatic amines is 1. The van der Waals surface area contributed by atoms with Crippen LogP contribution in [-0.2, 0) is 4.79 Å². The third-order valence-electron chi connectivity index (χ3n) is 4.16. The molecule has 0 spiro atoms. The predicted molar refractivity (Wildman–Crippen MR) is 85.1 cm³/mol. The molecule has 24 heavy (non-hydrogen) atoms. The Balaban J connectivity index is 1.70. The molecule has 8 heteroatoms. The Morgan fingerprint density at radius 2 is 2.29 bits per heavy atom. The van der Waals surface area contributed by atoms with Crippen LogP contribution in [-0.4, -0.2) is 44.5 Å². The van der Waals surface area contributed by atoms with Crippen LogP contribution in [0.25, 0.3) is 0 Å². The minimum Gasteiger partial charge on any atom is -0.459 e. The molecular weight excluding hydrogens is 310 g/mol. The van der Waals surface area contributed by atoms with Crippen molar-refractivity contribution < 1.29 is 14.0 Å². The highest BCUT2D eigenvalue weighted by molar-refractivity contribution is 5.95. The number of piperidine rings is 1. The molecule has 2 amide bonds. The minimum absolute atomic E-state index is 0.137. The van der Waals surface area contributed by atoms with Crippen molar-refractivity contribution >= 4 is 11.8 Å². The number of furan rings is 1. The van der Waals surface area contributed by atoms with E-state index in [0.717, 1.165) is 25.1 Å². The summed E-state index contributed by atoms with van der Waals surface area (Å²) in [5.41, 5.74) is 0. The molecule has 128 valence electrons. The van der Waals surface area contributed by atoms with Crippen molar-refractivity contribution in [3.8, 4) is 0 Å². The highest BCUT2D eigenvalue weighted by atomic mass is 16.3. The van der Waals surface area contributed by atoms with E-state index >= 15 is 0 Å². The van der Waals surface area contributed by atoms with Gasteiger partial charge in [0.2, 0.25) is 5.91 Å². The molecule has 0 radical (unpaired) electrons. The Hall–Kier alpha value is -2.64. The normalized spacial score (nSPS) is 19.1. The second kappa shape index (κ2) is 6.86. The number of likely N-dealkylation sites (tertiary alicyclic amines) is 1. The van der Waals surface area contributed by atoms with E-state index in [0.29, 0.717) is 12.4 Å². The van der Waals surface area contributed by atoms with E-state index in [2.05, 4.69) is 20.5 Å². The summed E-state index contributed by atoms with van der Waals surface area (Å²) in [6.45, 7) is 4.15. The van der Waals surface area contributed by atoms with Gasteiger partial charge in [0.15, 0.2) is 11.6 Å². The first-order chi connectivity index (χ1) is 11.6.